The summed E-state index contributed by atoms with van der Waals surface area (Å²) in [5.74, 6) is -1.30. The van der Waals surface area contributed by atoms with E-state index in [4.69, 9.17) is 9.47 Å². The number of ether oxygens (including phenoxy) is 2. The normalized spacial score (nSPS) is 16.9. The molecule has 56 heavy (non-hydrogen) atoms. The average Bonchev–Trinajstić information content (AvgIpc) is 3.62. The lowest BCUT2D eigenvalue weighted by Crippen LogP contribution is -2.64. The van der Waals surface area contributed by atoms with Crippen molar-refractivity contribution < 1.29 is 28.7 Å². The zero-order chi connectivity index (χ0) is 39.6. The van der Waals surface area contributed by atoms with E-state index in [0.29, 0.717) is 22.2 Å². The topological polar surface area (TPSA) is 98.1 Å². The Labute approximate surface area is 326 Å². The minimum Gasteiger partial charge on any atom is -0.443 e. The lowest BCUT2D eigenvalue weighted by atomic mass is 9.75. The van der Waals surface area contributed by atoms with Crippen LogP contribution in [-0.4, -0.2) is 44.7 Å². The number of aromatic nitrogens is 1. The standard InChI is InChI=1S/C47H43N3O6/c1-44(2,3)55-42(53)48-36-28-18-16-26-34(36)39-38(48)30-46(50(40(39)51)43(54)56-45(4,5)6)35-27-17-19-29-37(35)49(41(46)52)47(31-20-10-7-11-21-31,32-22-12-8-13-23-32)33-24-14-9-15-25-33/h7-29H,30H2,1-6H3/t46-/m0/s1. The van der Waals surface area contributed by atoms with Gasteiger partial charge in [-0.15, -0.1) is 0 Å². The van der Waals surface area contributed by atoms with Gasteiger partial charge >= 0.3 is 12.2 Å². The number of rotatable bonds is 4. The molecule has 9 nitrogen and oxygen atoms in total. The fourth-order valence-electron chi connectivity index (χ4n) is 8.44. The van der Waals surface area contributed by atoms with E-state index < -0.39 is 46.3 Å². The number of amides is 3. The number of hydrogen-bond acceptors (Lipinski definition) is 6. The Morgan fingerprint density at radius 1 is 0.589 bits per heavy atom. The SMILES string of the molecule is CC(C)(C)OC(=O)N1C(=O)c2c(n(C(=O)OC(C)(C)C)c3ccccc23)C[C@]12C(=O)N(C(c1ccccc1)(c1ccccc1)c1ccccc1)c1ccccc12. The van der Waals surface area contributed by atoms with Gasteiger partial charge in [0.15, 0.2) is 5.54 Å². The van der Waals surface area contributed by atoms with Crippen LogP contribution in [0.1, 0.15) is 79.8 Å². The minimum absolute atomic E-state index is 0.132. The van der Waals surface area contributed by atoms with E-state index in [1.165, 1.54) is 4.57 Å². The van der Waals surface area contributed by atoms with Crippen molar-refractivity contribution in [3.63, 3.8) is 0 Å². The maximum atomic E-state index is 16.5. The molecule has 0 fully saturated rings. The highest BCUT2D eigenvalue weighted by atomic mass is 16.6. The Hall–Kier alpha value is -6.48. The number of anilines is 1. The molecule has 1 aromatic heterocycles. The summed E-state index contributed by atoms with van der Waals surface area (Å²) in [5.41, 5.74) is -1.11. The number of imide groups is 1. The highest BCUT2D eigenvalue weighted by molar-refractivity contribution is 6.21. The second-order valence-electron chi connectivity index (χ2n) is 16.3. The van der Waals surface area contributed by atoms with Crippen LogP contribution >= 0.6 is 0 Å². The van der Waals surface area contributed by atoms with Crippen molar-refractivity contribution in [1.29, 1.82) is 0 Å². The predicted molar refractivity (Wildman–Crippen MR) is 214 cm³/mol. The number of carbonyl (C=O) groups is 4. The van der Waals surface area contributed by atoms with Gasteiger partial charge in [-0.1, -0.05) is 127 Å². The van der Waals surface area contributed by atoms with Gasteiger partial charge < -0.3 is 9.47 Å². The van der Waals surface area contributed by atoms with Gasteiger partial charge in [0.1, 0.15) is 16.7 Å². The third-order valence-corrected chi connectivity index (χ3v) is 10.4. The molecule has 0 aliphatic carbocycles. The molecule has 1 spiro atoms. The molecule has 0 radical (unpaired) electrons. The fourth-order valence-corrected chi connectivity index (χ4v) is 8.44. The van der Waals surface area contributed by atoms with Crippen molar-refractivity contribution in [3.05, 3.63) is 173 Å². The van der Waals surface area contributed by atoms with Crippen LogP contribution in [0.25, 0.3) is 10.9 Å². The number of fused-ring (bicyclic) bond motifs is 5. The fraction of sp³-hybridized carbons (Fsp3) is 0.234. The number of hydrogen-bond donors (Lipinski definition) is 0. The van der Waals surface area contributed by atoms with Crippen LogP contribution in [0, 0.1) is 0 Å². The zero-order valence-electron chi connectivity index (χ0n) is 32.3. The van der Waals surface area contributed by atoms with Crippen molar-refractivity contribution >= 4 is 40.6 Å². The summed E-state index contributed by atoms with van der Waals surface area (Å²) in [5, 5.41) is 0.449. The number of para-hydroxylation sites is 2. The van der Waals surface area contributed by atoms with E-state index in [9.17, 15) is 9.59 Å². The summed E-state index contributed by atoms with van der Waals surface area (Å²) in [6, 6.07) is 43.5. The Balaban J connectivity index is 1.48. The lowest BCUT2D eigenvalue weighted by molar-refractivity contribution is -0.130. The zero-order valence-corrected chi connectivity index (χ0v) is 32.3. The summed E-state index contributed by atoms with van der Waals surface area (Å²) in [6.07, 6.45) is -1.91. The maximum absolute atomic E-state index is 16.5. The summed E-state index contributed by atoms with van der Waals surface area (Å²) < 4.78 is 13.3. The highest BCUT2D eigenvalue weighted by Gasteiger charge is 2.66. The first-order valence-corrected chi connectivity index (χ1v) is 18.7. The molecule has 8 rings (SSSR count). The van der Waals surface area contributed by atoms with E-state index in [0.717, 1.165) is 21.6 Å². The smallest absolute Gasteiger partial charge is 0.419 e. The Morgan fingerprint density at radius 2 is 1.05 bits per heavy atom. The van der Waals surface area contributed by atoms with Crippen molar-refractivity contribution in [2.75, 3.05) is 4.90 Å². The van der Waals surface area contributed by atoms with Crippen LogP contribution in [0.15, 0.2) is 140 Å². The molecular weight excluding hydrogens is 703 g/mol. The second kappa shape index (κ2) is 13.1. The minimum atomic E-state index is -2.00. The van der Waals surface area contributed by atoms with Crippen LogP contribution in [0.2, 0.25) is 0 Å². The Kier molecular flexibility index (Phi) is 8.52. The molecule has 5 aromatic carbocycles. The van der Waals surface area contributed by atoms with E-state index in [2.05, 4.69) is 0 Å². The molecule has 3 heterocycles. The molecule has 1 atom stereocenters. The van der Waals surface area contributed by atoms with Crippen molar-refractivity contribution in [1.82, 2.24) is 9.47 Å². The molecule has 9 heteroatoms. The molecule has 6 aromatic rings. The lowest BCUT2D eigenvalue weighted by Gasteiger charge is -2.46. The van der Waals surface area contributed by atoms with E-state index in [1.54, 1.807) is 82.8 Å². The summed E-state index contributed by atoms with van der Waals surface area (Å²) in [4.78, 5) is 63.7. The van der Waals surface area contributed by atoms with Gasteiger partial charge in [-0.05, 0) is 70.4 Å². The van der Waals surface area contributed by atoms with Crippen LogP contribution in [0.5, 0.6) is 0 Å². The van der Waals surface area contributed by atoms with Gasteiger partial charge in [0.25, 0.3) is 11.8 Å². The molecule has 3 amide bonds. The monoisotopic (exact) mass is 745 g/mol. The van der Waals surface area contributed by atoms with Crippen LogP contribution in [0.4, 0.5) is 15.3 Å². The van der Waals surface area contributed by atoms with Crippen molar-refractivity contribution in [2.24, 2.45) is 0 Å². The molecular formula is C47H43N3O6. The molecule has 0 saturated carbocycles. The first-order chi connectivity index (χ1) is 26.7. The van der Waals surface area contributed by atoms with Gasteiger partial charge in [0, 0.05) is 23.1 Å². The number of nitrogens with zero attached hydrogens (tertiary/aromatic N) is 3. The van der Waals surface area contributed by atoms with Gasteiger partial charge in [0.05, 0.1) is 16.8 Å². The quantitative estimate of drug-likeness (QED) is 0.167. The second-order valence-corrected chi connectivity index (χ2v) is 16.3. The van der Waals surface area contributed by atoms with Gasteiger partial charge in [-0.2, -0.15) is 0 Å². The molecule has 2 aliphatic rings. The van der Waals surface area contributed by atoms with E-state index in [1.807, 2.05) is 103 Å². The molecule has 2 aliphatic heterocycles. The molecule has 282 valence electrons. The third kappa shape index (κ3) is 5.52. The first-order valence-electron chi connectivity index (χ1n) is 18.7. The number of benzene rings is 5. The van der Waals surface area contributed by atoms with E-state index in [-0.39, 0.29) is 17.7 Å². The van der Waals surface area contributed by atoms with Crippen LogP contribution in [-0.2, 0) is 31.8 Å². The first kappa shape index (κ1) is 36.5. The van der Waals surface area contributed by atoms with Crippen LogP contribution < -0.4 is 4.90 Å². The highest BCUT2D eigenvalue weighted by Crippen LogP contribution is 2.57. The number of carbonyl (C=O) groups excluding carboxylic acids is 4. The molecule has 0 unspecified atom stereocenters. The summed E-state index contributed by atoms with van der Waals surface area (Å²) >= 11 is 0. The Morgan fingerprint density at radius 3 is 1.59 bits per heavy atom. The Bertz CT molecular complexity index is 2420. The maximum Gasteiger partial charge on any atom is 0.419 e. The molecule has 0 saturated heterocycles. The molecule has 0 N–H and O–H groups in total. The third-order valence-electron chi connectivity index (χ3n) is 10.4. The molecule has 0 bridgehead atoms. The van der Waals surface area contributed by atoms with Crippen molar-refractivity contribution in [3.8, 4) is 0 Å². The van der Waals surface area contributed by atoms with E-state index >= 15 is 9.59 Å². The average molecular weight is 746 g/mol. The van der Waals surface area contributed by atoms with Gasteiger partial charge in [-0.3, -0.25) is 14.5 Å². The predicted octanol–water partition coefficient (Wildman–Crippen LogP) is 9.59. The summed E-state index contributed by atoms with van der Waals surface area (Å²) in [7, 11) is 0. The van der Waals surface area contributed by atoms with Gasteiger partial charge in [-0.25, -0.2) is 19.1 Å². The van der Waals surface area contributed by atoms with Crippen molar-refractivity contribution in [2.45, 2.75) is 70.2 Å². The largest absolute Gasteiger partial charge is 0.443 e. The van der Waals surface area contributed by atoms with Gasteiger partial charge in [0.2, 0.25) is 0 Å². The summed E-state index contributed by atoms with van der Waals surface area (Å²) in [6.45, 7) is 10.5. The van der Waals surface area contributed by atoms with Crippen LogP contribution in [0.3, 0.4) is 0 Å².